The average molecular weight is 535 g/mol. The smallest absolute Gasteiger partial charge is 0.313 e. The predicted octanol–water partition coefficient (Wildman–Crippen LogP) is 4.13. The molecule has 0 radical (unpaired) electrons. The number of guanidine groups is 1. The van der Waals surface area contributed by atoms with Crippen LogP contribution in [0.15, 0.2) is 69.5 Å². The molecule has 1 amide bonds. The van der Waals surface area contributed by atoms with Crippen LogP contribution in [-0.4, -0.2) is 31.6 Å². The van der Waals surface area contributed by atoms with Crippen molar-refractivity contribution < 1.29 is 14.1 Å². The van der Waals surface area contributed by atoms with Crippen LogP contribution in [-0.2, 0) is 18.4 Å². The first-order chi connectivity index (χ1) is 18.2. The van der Waals surface area contributed by atoms with Crippen LogP contribution in [0, 0.1) is 17.0 Å². The van der Waals surface area contributed by atoms with Crippen molar-refractivity contribution in [2.75, 3.05) is 5.32 Å². The summed E-state index contributed by atoms with van der Waals surface area (Å²) in [7, 11) is 1.80. The molecule has 1 atom stereocenters. The molecule has 3 N–H and O–H groups in total. The number of rotatable bonds is 6. The van der Waals surface area contributed by atoms with Crippen LogP contribution in [0.3, 0.4) is 0 Å². The highest BCUT2D eigenvalue weighted by molar-refractivity contribution is 6.31. The third-order valence-electron chi connectivity index (χ3n) is 5.96. The number of allylic oxidation sites excluding steroid dienone is 1. The van der Waals surface area contributed by atoms with Crippen molar-refractivity contribution in [1.82, 2.24) is 25.4 Å². The van der Waals surface area contributed by atoms with E-state index in [-0.39, 0.29) is 35.7 Å². The lowest BCUT2D eigenvalue weighted by Crippen LogP contribution is -2.39. The molecule has 38 heavy (non-hydrogen) atoms. The number of halogens is 1. The number of para-hydroxylation sites is 1. The summed E-state index contributed by atoms with van der Waals surface area (Å²) in [5.41, 5.74) is 3.53. The zero-order chi connectivity index (χ0) is 27.0. The molecule has 4 aromatic rings. The molecule has 12 nitrogen and oxygen atoms in total. The molecule has 13 heteroatoms. The minimum Gasteiger partial charge on any atom is -0.416 e. The first-order valence-electron chi connectivity index (χ1n) is 11.6. The van der Waals surface area contributed by atoms with Crippen LogP contribution < -0.4 is 16.0 Å². The second kappa shape index (κ2) is 9.98. The van der Waals surface area contributed by atoms with Gasteiger partial charge in [-0.25, -0.2) is 4.99 Å². The van der Waals surface area contributed by atoms with Gasteiger partial charge in [0.1, 0.15) is 11.6 Å². The van der Waals surface area contributed by atoms with E-state index in [4.69, 9.17) is 21.0 Å². The number of non-ortho nitro benzene ring substituents is 1. The molecule has 1 aliphatic heterocycles. The van der Waals surface area contributed by atoms with Gasteiger partial charge in [-0.1, -0.05) is 29.8 Å². The SMILES string of the molecule is CC1=C(C(=O)NCc2cnn(C)c2)C(c2ccc(C)cc2Cl)N=C(Nc2nc3cccc([N+](=O)[O-])c3o2)N1. The summed E-state index contributed by atoms with van der Waals surface area (Å²) in [5, 5.41) is 24.9. The van der Waals surface area contributed by atoms with Crippen molar-refractivity contribution in [3.05, 3.63) is 91.9 Å². The highest BCUT2D eigenvalue weighted by atomic mass is 35.5. The van der Waals surface area contributed by atoms with Gasteiger partial charge in [-0.15, -0.1) is 0 Å². The summed E-state index contributed by atoms with van der Waals surface area (Å²) in [6.07, 6.45) is 3.50. The molecule has 5 rings (SSSR count). The van der Waals surface area contributed by atoms with E-state index in [0.29, 0.717) is 27.4 Å². The first kappa shape index (κ1) is 25.0. The lowest BCUT2D eigenvalue weighted by atomic mass is 9.95. The van der Waals surface area contributed by atoms with Crippen LogP contribution in [0.25, 0.3) is 11.1 Å². The van der Waals surface area contributed by atoms with Crippen molar-refractivity contribution in [1.29, 1.82) is 0 Å². The molecule has 2 aromatic heterocycles. The van der Waals surface area contributed by atoms with Crippen LogP contribution in [0.2, 0.25) is 5.02 Å². The molecule has 0 saturated carbocycles. The first-order valence-corrected chi connectivity index (χ1v) is 12.0. The molecule has 0 saturated heterocycles. The van der Waals surface area contributed by atoms with E-state index >= 15 is 0 Å². The number of hydrogen-bond acceptors (Lipinski definition) is 9. The predicted molar refractivity (Wildman–Crippen MR) is 142 cm³/mol. The number of aliphatic imine (C=N–C) groups is 1. The van der Waals surface area contributed by atoms with E-state index in [1.807, 2.05) is 31.3 Å². The molecule has 0 fully saturated rings. The number of aromatic nitrogens is 3. The van der Waals surface area contributed by atoms with E-state index in [9.17, 15) is 14.9 Å². The van der Waals surface area contributed by atoms with Crippen molar-refractivity contribution in [2.24, 2.45) is 12.0 Å². The highest BCUT2D eigenvalue weighted by Gasteiger charge is 2.31. The van der Waals surface area contributed by atoms with E-state index in [0.717, 1.165) is 11.1 Å². The largest absolute Gasteiger partial charge is 0.416 e. The topological polar surface area (TPSA) is 153 Å². The van der Waals surface area contributed by atoms with Gasteiger partial charge < -0.3 is 15.1 Å². The number of oxazole rings is 1. The second-order valence-electron chi connectivity index (χ2n) is 8.80. The summed E-state index contributed by atoms with van der Waals surface area (Å²) in [4.78, 5) is 33.2. The molecule has 1 unspecified atom stereocenters. The average Bonchev–Trinajstić information content (AvgIpc) is 3.47. The van der Waals surface area contributed by atoms with Crippen molar-refractivity contribution in [2.45, 2.75) is 26.4 Å². The van der Waals surface area contributed by atoms with Crippen molar-refractivity contribution in [3.8, 4) is 0 Å². The van der Waals surface area contributed by atoms with Gasteiger partial charge >= 0.3 is 11.7 Å². The van der Waals surface area contributed by atoms with Crippen LogP contribution >= 0.6 is 11.6 Å². The van der Waals surface area contributed by atoms with Gasteiger partial charge in [-0.3, -0.25) is 24.9 Å². The number of fused-ring (bicyclic) bond motifs is 1. The number of nitro groups is 1. The Kier molecular flexibility index (Phi) is 6.55. The number of carbonyl (C=O) groups is 1. The number of carbonyl (C=O) groups excluding carboxylic acids is 1. The monoisotopic (exact) mass is 534 g/mol. The third-order valence-corrected chi connectivity index (χ3v) is 6.29. The summed E-state index contributed by atoms with van der Waals surface area (Å²) in [6.45, 7) is 3.96. The van der Waals surface area contributed by atoms with Crippen molar-refractivity contribution >= 4 is 46.3 Å². The number of nitrogens with one attached hydrogen (secondary N) is 3. The number of hydrogen-bond donors (Lipinski definition) is 3. The summed E-state index contributed by atoms with van der Waals surface area (Å²) in [6, 6.07) is 9.27. The van der Waals surface area contributed by atoms with Gasteiger partial charge in [0, 0.05) is 47.7 Å². The Balaban J connectivity index is 1.47. The second-order valence-corrected chi connectivity index (χ2v) is 9.21. The number of amides is 1. The van der Waals surface area contributed by atoms with Gasteiger partial charge in [0.2, 0.25) is 11.5 Å². The minimum atomic E-state index is -0.750. The Labute approximate surface area is 221 Å². The summed E-state index contributed by atoms with van der Waals surface area (Å²) < 4.78 is 7.29. The zero-order valence-corrected chi connectivity index (χ0v) is 21.4. The molecule has 194 valence electrons. The molecule has 0 aliphatic carbocycles. The maximum absolute atomic E-state index is 13.4. The van der Waals surface area contributed by atoms with Gasteiger partial charge in [0.05, 0.1) is 16.7 Å². The molecule has 1 aliphatic rings. The number of aryl methyl sites for hydroxylation is 2. The third kappa shape index (κ3) is 4.93. The Morgan fingerprint density at radius 1 is 1.29 bits per heavy atom. The fourth-order valence-electron chi connectivity index (χ4n) is 4.19. The van der Waals surface area contributed by atoms with Gasteiger partial charge in [-0.05, 0) is 31.5 Å². The number of benzene rings is 2. The highest BCUT2D eigenvalue weighted by Crippen LogP contribution is 2.36. The number of nitrogens with zero attached hydrogens (tertiary/aromatic N) is 5. The molecule has 0 spiro atoms. The molecule has 0 bridgehead atoms. The molecule has 2 aromatic carbocycles. The Morgan fingerprint density at radius 2 is 2.11 bits per heavy atom. The van der Waals surface area contributed by atoms with Gasteiger partial charge in [0.25, 0.3) is 5.91 Å². The lowest BCUT2D eigenvalue weighted by Gasteiger charge is -2.27. The maximum atomic E-state index is 13.4. The van der Waals surface area contributed by atoms with Gasteiger partial charge in [0.15, 0.2) is 0 Å². The van der Waals surface area contributed by atoms with Crippen molar-refractivity contribution in [3.63, 3.8) is 0 Å². The van der Waals surface area contributed by atoms with E-state index in [1.165, 1.54) is 12.1 Å². The summed E-state index contributed by atoms with van der Waals surface area (Å²) in [5.74, 6) is -0.0806. The standard InChI is InChI=1S/C25H23ClN8O4/c1-13-7-8-16(17(26)9-13)21-20(23(35)27-10-15-11-28-33(3)12-15)14(2)29-24(31-21)32-25-30-18-5-4-6-19(34(36)37)22(18)38-25/h4-9,11-12,21H,10H2,1-3H3,(H,27,35)(H2,29,30,31,32). The minimum absolute atomic E-state index is 0.00609. The fourth-order valence-corrected chi connectivity index (χ4v) is 4.53. The van der Waals surface area contributed by atoms with E-state index in [1.54, 1.807) is 30.9 Å². The molecular weight excluding hydrogens is 512 g/mol. The van der Waals surface area contributed by atoms with Crippen LogP contribution in [0.1, 0.15) is 29.7 Å². The number of anilines is 1. The fraction of sp³-hybridized carbons (Fsp3) is 0.200. The lowest BCUT2D eigenvalue weighted by molar-refractivity contribution is -0.383. The maximum Gasteiger partial charge on any atom is 0.313 e. The molecular formula is C25H23ClN8O4. The normalized spacial score (nSPS) is 15.3. The van der Waals surface area contributed by atoms with Crippen LogP contribution in [0.5, 0.6) is 0 Å². The zero-order valence-electron chi connectivity index (χ0n) is 20.7. The number of nitro benzene ring substituents is 1. The summed E-state index contributed by atoms with van der Waals surface area (Å²) >= 11 is 6.59. The molecule has 3 heterocycles. The quantitative estimate of drug-likeness (QED) is 0.246. The van der Waals surface area contributed by atoms with E-state index in [2.05, 4.69) is 26.0 Å². The Morgan fingerprint density at radius 3 is 2.82 bits per heavy atom. The Hall–Kier alpha value is -4.71. The van der Waals surface area contributed by atoms with E-state index < -0.39 is 11.0 Å². The van der Waals surface area contributed by atoms with Gasteiger partial charge in [-0.2, -0.15) is 10.1 Å². The van der Waals surface area contributed by atoms with Crippen LogP contribution in [0.4, 0.5) is 11.7 Å². The Bertz CT molecular complexity index is 1640.